The number of alkyl halides is 3. The molecule has 0 saturated heterocycles. The minimum atomic E-state index is -4.68. The number of aromatic amines is 1. The second-order valence-corrected chi connectivity index (χ2v) is 5.21. The summed E-state index contributed by atoms with van der Waals surface area (Å²) in [5, 5.41) is 3.71. The van der Waals surface area contributed by atoms with E-state index in [-0.39, 0.29) is 11.5 Å². The number of rotatable bonds is 1. The fourth-order valence-electron chi connectivity index (χ4n) is 2.59. The van der Waals surface area contributed by atoms with Crippen LogP contribution in [-0.4, -0.2) is 19.6 Å². The summed E-state index contributed by atoms with van der Waals surface area (Å²) in [7, 11) is 0. The molecule has 2 heterocycles. The van der Waals surface area contributed by atoms with Gasteiger partial charge < -0.3 is 0 Å². The molecule has 2 aromatic heterocycles. The summed E-state index contributed by atoms with van der Waals surface area (Å²) in [6.07, 6.45) is -4.68. The summed E-state index contributed by atoms with van der Waals surface area (Å²) in [6.45, 7) is 0. The number of aromatic nitrogens is 4. The van der Waals surface area contributed by atoms with Crippen molar-refractivity contribution in [1.29, 1.82) is 0 Å². The van der Waals surface area contributed by atoms with E-state index in [1.165, 1.54) is 6.07 Å². The van der Waals surface area contributed by atoms with Crippen LogP contribution in [0.15, 0.2) is 53.3 Å². The van der Waals surface area contributed by atoms with E-state index in [4.69, 9.17) is 0 Å². The summed E-state index contributed by atoms with van der Waals surface area (Å²) in [5.41, 5.74) is 0.271. The lowest BCUT2D eigenvalue weighted by Gasteiger charge is -2.05. The Balaban J connectivity index is 1.99. The number of hydrogen-bond donors (Lipinski definition) is 1. The first kappa shape index (κ1) is 14.4. The van der Waals surface area contributed by atoms with Crippen LogP contribution in [0.25, 0.3) is 27.8 Å². The van der Waals surface area contributed by atoms with E-state index in [9.17, 15) is 18.0 Å². The van der Waals surface area contributed by atoms with Crippen LogP contribution in [0.4, 0.5) is 13.2 Å². The minimum Gasteiger partial charge on any atom is -0.267 e. The summed E-state index contributed by atoms with van der Waals surface area (Å²) in [4.78, 5) is 19.6. The number of H-pyrrole nitrogens is 1. The highest BCUT2D eigenvalue weighted by Crippen LogP contribution is 2.28. The molecule has 5 nitrogen and oxygen atoms in total. The van der Waals surface area contributed by atoms with Gasteiger partial charge in [-0.1, -0.05) is 42.5 Å². The molecule has 0 bridgehead atoms. The van der Waals surface area contributed by atoms with Crippen LogP contribution in [0.5, 0.6) is 0 Å². The average molecular weight is 330 g/mol. The standard InChI is InChI=1S/C16H9F3N4O/c17-16(18,19)14-21-15-20-12(8-13(24)23(15)22-14)11-7-3-5-9-4-1-2-6-10(9)11/h1-8H,(H,20,21,22). The molecule has 0 radical (unpaired) electrons. The fourth-order valence-corrected chi connectivity index (χ4v) is 2.59. The lowest BCUT2D eigenvalue weighted by Crippen LogP contribution is -2.15. The summed E-state index contributed by atoms with van der Waals surface area (Å²) >= 11 is 0. The lowest BCUT2D eigenvalue weighted by atomic mass is 10.0. The van der Waals surface area contributed by atoms with Crippen LogP contribution in [0.1, 0.15) is 5.82 Å². The largest absolute Gasteiger partial charge is 0.451 e. The van der Waals surface area contributed by atoms with Crippen molar-refractivity contribution < 1.29 is 13.2 Å². The Bertz CT molecular complexity index is 1120. The summed E-state index contributed by atoms with van der Waals surface area (Å²) < 4.78 is 38.9. The molecule has 0 amide bonds. The highest BCUT2D eigenvalue weighted by Gasteiger charge is 2.35. The zero-order valence-corrected chi connectivity index (χ0v) is 12.0. The van der Waals surface area contributed by atoms with Gasteiger partial charge in [-0.25, -0.2) is 4.98 Å². The van der Waals surface area contributed by atoms with Crippen molar-refractivity contribution in [2.24, 2.45) is 0 Å². The number of halogens is 3. The molecule has 0 unspecified atom stereocenters. The number of benzene rings is 2. The Morgan fingerprint density at radius 3 is 2.54 bits per heavy atom. The Morgan fingerprint density at radius 2 is 1.75 bits per heavy atom. The highest BCUT2D eigenvalue weighted by atomic mass is 19.4. The number of fused-ring (bicyclic) bond motifs is 2. The zero-order chi connectivity index (χ0) is 16.9. The SMILES string of the molecule is O=c1cc(-c2cccc3ccccc23)nc2nc(C(F)(F)F)[nH]n12. The molecule has 8 heteroatoms. The van der Waals surface area contributed by atoms with Gasteiger partial charge in [-0.2, -0.15) is 22.7 Å². The first-order chi connectivity index (χ1) is 11.4. The van der Waals surface area contributed by atoms with Crippen LogP contribution in [0.3, 0.4) is 0 Å². The molecule has 0 saturated carbocycles. The summed E-state index contributed by atoms with van der Waals surface area (Å²) in [5.74, 6) is -1.58. The van der Waals surface area contributed by atoms with E-state index < -0.39 is 17.6 Å². The third-order valence-corrected chi connectivity index (χ3v) is 3.66. The van der Waals surface area contributed by atoms with Crippen LogP contribution in [0.2, 0.25) is 0 Å². The number of nitrogens with one attached hydrogen (secondary N) is 1. The zero-order valence-electron chi connectivity index (χ0n) is 12.0. The Kier molecular flexibility index (Phi) is 2.96. The van der Waals surface area contributed by atoms with E-state index in [0.717, 1.165) is 10.8 Å². The van der Waals surface area contributed by atoms with Crippen molar-refractivity contribution in [2.45, 2.75) is 6.18 Å². The van der Waals surface area contributed by atoms with Crippen molar-refractivity contribution in [3.8, 4) is 11.3 Å². The molecule has 24 heavy (non-hydrogen) atoms. The second-order valence-electron chi connectivity index (χ2n) is 5.21. The van der Waals surface area contributed by atoms with Crippen molar-refractivity contribution in [3.05, 3.63) is 64.7 Å². The molecular formula is C16H9F3N4O. The molecule has 0 aliphatic carbocycles. The van der Waals surface area contributed by atoms with E-state index in [0.29, 0.717) is 10.1 Å². The molecule has 4 aromatic rings. The van der Waals surface area contributed by atoms with Crippen molar-refractivity contribution >= 4 is 16.6 Å². The summed E-state index contributed by atoms with van der Waals surface area (Å²) in [6, 6.07) is 14.1. The maximum Gasteiger partial charge on any atom is 0.451 e. The molecule has 1 N–H and O–H groups in total. The van der Waals surface area contributed by atoms with E-state index >= 15 is 0 Å². The normalized spacial score (nSPS) is 12.1. The van der Waals surface area contributed by atoms with Crippen molar-refractivity contribution in [2.75, 3.05) is 0 Å². The van der Waals surface area contributed by atoms with Crippen LogP contribution in [0, 0.1) is 0 Å². The van der Waals surface area contributed by atoms with Gasteiger partial charge in [-0.15, -0.1) is 0 Å². The van der Waals surface area contributed by atoms with E-state index in [2.05, 4.69) is 9.97 Å². The van der Waals surface area contributed by atoms with Gasteiger partial charge in [0.2, 0.25) is 5.82 Å². The Hall–Kier alpha value is -3.16. The number of hydrogen-bond acceptors (Lipinski definition) is 3. The quantitative estimate of drug-likeness (QED) is 0.583. The topological polar surface area (TPSA) is 63.0 Å². The molecule has 0 aliphatic rings. The lowest BCUT2D eigenvalue weighted by molar-refractivity contribution is -0.144. The van der Waals surface area contributed by atoms with Gasteiger partial charge in [0.05, 0.1) is 5.69 Å². The molecular weight excluding hydrogens is 321 g/mol. The molecule has 0 spiro atoms. The van der Waals surface area contributed by atoms with E-state index in [1.807, 2.05) is 35.4 Å². The monoisotopic (exact) mass is 330 g/mol. The number of nitrogens with zero attached hydrogens (tertiary/aromatic N) is 3. The molecule has 120 valence electrons. The second kappa shape index (κ2) is 4.92. The smallest absolute Gasteiger partial charge is 0.267 e. The maximum atomic E-state index is 12.8. The molecule has 0 atom stereocenters. The van der Waals surface area contributed by atoms with Crippen molar-refractivity contribution in [1.82, 2.24) is 19.6 Å². The van der Waals surface area contributed by atoms with Gasteiger partial charge in [-0.05, 0) is 10.8 Å². The molecule has 4 rings (SSSR count). The predicted octanol–water partition coefficient (Wildman–Crippen LogP) is 3.26. The molecule has 0 aliphatic heterocycles. The third kappa shape index (κ3) is 2.23. The van der Waals surface area contributed by atoms with E-state index in [1.54, 1.807) is 12.1 Å². The van der Waals surface area contributed by atoms with Gasteiger partial charge >= 0.3 is 6.18 Å². The van der Waals surface area contributed by atoms with Gasteiger partial charge in [0, 0.05) is 11.6 Å². The minimum absolute atomic E-state index is 0.275. The van der Waals surface area contributed by atoms with Gasteiger partial charge in [0.25, 0.3) is 11.3 Å². The van der Waals surface area contributed by atoms with Gasteiger partial charge in [0.15, 0.2) is 0 Å². The Morgan fingerprint density at radius 1 is 1.00 bits per heavy atom. The van der Waals surface area contributed by atoms with Gasteiger partial charge in [-0.3, -0.25) is 9.89 Å². The third-order valence-electron chi connectivity index (χ3n) is 3.66. The molecule has 2 aromatic carbocycles. The predicted molar refractivity (Wildman–Crippen MR) is 81.6 cm³/mol. The molecule has 0 fully saturated rings. The maximum absolute atomic E-state index is 12.8. The first-order valence-electron chi connectivity index (χ1n) is 6.99. The van der Waals surface area contributed by atoms with Gasteiger partial charge in [0.1, 0.15) is 0 Å². The van der Waals surface area contributed by atoms with Crippen molar-refractivity contribution in [3.63, 3.8) is 0 Å². The van der Waals surface area contributed by atoms with Crippen LogP contribution in [-0.2, 0) is 6.18 Å². The average Bonchev–Trinajstić information content (AvgIpc) is 2.99. The first-order valence-corrected chi connectivity index (χ1v) is 6.99. The highest BCUT2D eigenvalue weighted by molar-refractivity contribution is 5.95. The Labute approximate surface area is 132 Å². The van der Waals surface area contributed by atoms with Crippen LogP contribution < -0.4 is 5.56 Å². The fraction of sp³-hybridized carbons (Fsp3) is 0.0625. The van der Waals surface area contributed by atoms with Crippen LogP contribution >= 0.6 is 0 Å².